The van der Waals surface area contributed by atoms with Crippen molar-refractivity contribution in [2.75, 3.05) is 36.0 Å². The Bertz CT molecular complexity index is 1080. The van der Waals surface area contributed by atoms with Crippen molar-refractivity contribution in [3.63, 3.8) is 0 Å². The Morgan fingerprint density at radius 2 is 1.94 bits per heavy atom. The number of carbonyl (C=O) groups is 1. The van der Waals surface area contributed by atoms with Crippen molar-refractivity contribution < 1.29 is 15.0 Å². The molecule has 0 atom stereocenters. The molecule has 2 aromatic carbocycles. The van der Waals surface area contributed by atoms with Gasteiger partial charge in [0.25, 0.3) is 0 Å². The summed E-state index contributed by atoms with van der Waals surface area (Å²) >= 11 is 0. The van der Waals surface area contributed by atoms with Gasteiger partial charge in [-0.2, -0.15) is 0 Å². The number of nitrogens with zero attached hydrogens (tertiary/aromatic N) is 2. The number of aromatic hydroxyl groups is 2. The monoisotopic (exact) mass is 465 g/mol. The molecule has 0 spiro atoms. The number of phenolic OH excluding ortho intramolecular Hbond substituents is 2. The molecule has 6 N–H and O–H groups in total. The lowest BCUT2D eigenvalue weighted by atomic mass is 9.94. The zero-order valence-corrected chi connectivity index (χ0v) is 20.0. The topological polar surface area (TPSA) is 126 Å². The second kappa shape index (κ2) is 9.93. The summed E-state index contributed by atoms with van der Waals surface area (Å²) in [5.74, 6) is 0.196. The molecule has 0 aromatic heterocycles. The maximum Gasteiger partial charge on any atom is 0.325 e. The van der Waals surface area contributed by atoms with Crippen molar-refractivity contribution in [1.82, 2.24) is 5.32 Å². The smallest absolute Gasteiger partial charge is 0.325 e. The van der Waals surface area contributed by atoms with Crippen LogP contribution in [0.1, 0.15) is 55.7 Å². The molecule has 0 aliphatic carbocycles. The van der Waals surface area contributed by atoms with Crippen LogP contribution in [0.4, 0.5) is 16.2 Å². The van der Waals surface area contributed by atoms with Gasteiger partial charge in [0.2, 0.25) is 0 Å². The lowest BCUT2D eigenvalue weighted by Crippen LogP contribution is -2.41. The number of anilines is 2. The number of carbonyl (C=O) groups excluding carboxylic acids is 1. The third-order valence-corrected chi connectivity index (χ3v) is 7.05. The molecule has 0 saturated carbocycles. The summed E-state index contributed by atoms with van der Waals surface area (Å²) < 4.78 is 0. The summed E-state index contributed by atoms with van der Waals surface area (Å²) in [6.07, 6.45) is 4.52. The van der Waals surface area contributed by atoms with Crippen LogP contribution in [0.15, 0.2) is 30.3 Å². The number of hydrogen-bond acceptors (Lipinski definition) is 6. The Morgan fingerprint density at radius 3 is 2.62 bits per heavy atom. The van der Waals surface area contributed by atoms with Crippen molar-refractivity contribution in [3.8, 4) is 11.5 Å². The SMILES string of the molecule is CC(C)c1cc(C(=N)N(C(N)=O)c2ccc3c(c2)CCN3CCC2CCNCC2)c(O)cc1O. The van der Waals surface area contributed by atoms with Crippen LogP contribution >= 0.6 is 0 Å². The van der Waals surface area contributed by atoms with Gasteiger partial charge in [0.05, 0.1) is 11.3 Å². The fraction of sp³-hybridized carbons (Fsp3) is 0.462. The first kappa shape index (κ1) is 23.9. The molecule has 2 aliphatic heterocycles. The van der Waals surface area contributed by atoms with Crippen molar-refractivity contribution in [2.24, 2.45) is 11.7 Å². The first-order valence-corrected chi connectivity index (χ1v) is 12.1. The number of fused-ring (bicyclic) bond motifs is 1. The molecule has 8 nitrogen and oxygen atoms in total. The van der Waals surface area contributed by atoms with Crippen LogP contribution in [0.5, 0.6) is 11.5 Å². The van der Waals surface area contributed by atoms with Crippen molar-refractivity contribution >= 4 is 23.2 Å². The summed E-state index contributed by atoms with van der Waals surface area (Å²) in [5.41, 5.74) is 9.20. The number of hydrogen-bond donors (Lipinski definition) is 5. The van der Waals surface area contributed by atoms with Gasteiger partial charge >= 0.3 is 6.03 Å². The molecular formula is C26H35N5O3. The second-order valence-corrected chi connectivity index (χ2v) is 9.64. The Hall–Kier alpha value is -3.26. The van der Waals surface area contributed by atoms with E-state index in [2.05, 4.69) is 10.2 Å². The van der Waals surface area contributed by atoms with Crippen LogP contribution in [-0.4, -0.2) is 48.3 Å². The highest BCUT2D eigenvalue weighted by Gasteiger charge is 2.27. The minimum absolute atomic E-state index is 0.0231. The van der Waals surface area contributed by atoms with Crippen molar-refractivity contribution in [3.05, 3.63) is 47.0 Å². The average molecular weight is 466 g/mol. The van der Waals surface area contributed by atoms with Crippen LogP contribution < -0.4 is 20.9 Å². The highest BCUT2D eigenvalue weighted by Crippen LogP contribution is 2.36. The number of amides is 2. The fourth-order valence-corrected chi connectivity index (χ4v) is 5.07. The van der Waals surface area contributed by atoms with Gasteiger partial charge in [-0.25, -0.2) is 9.69 Å². The van der Waals surface area contributed by atoms with Crippen LogP contribution in [0.25, 0.3) is 0 Å². The minimum atomic E-state index is -0.802. The predicted octanol–water partition coefficient (Wildman–Crippen LogP) is 3.88. The van der Waals surface area contributed by atoms with E-state index in [1.165, 1.54) is 31.0 Å². The first-order chi connectivity index (χ1) is 16.3. The molecule has 34 heavy (non-hydrogen) atoms. The van der Waals surface area contributed by atoms with E-state index in [0.29, 0.717) is 11.3 Å². The Morgan fingerprint density at radius 1 is 1.21 bits per heavy atom. The van der Waals surface area contributed by atoms with Gasteiger partial charge in [0.1, 0.15) is 17.3 Å². The van der Waals surface area contributed by atoms with Crippen LogP contribution in [0.3, 0.4) is 0 Å². The molecule has 0 bridgehead atoms. The van der Waals surface area contributed by atoms with E-state index >= 15 is 0 Å². The highest BCUT2D eigenvalue weighted by molar-refractivity contribution is 6.22. The summed E-state index contributed by atoms with van der Waals surface area (Å²) in [4.78, 5) is 15.9. The van der Waals surface area contributed by atoms with Gasteiger partial charge < -0.3 is 26.2 Å². The largest absolute Gasteiger partial charge is 0.508 e. The molecule has 0 radical (unpaired) electrons. The van der Waals surface area contributed by atoms with E-state index in [1.807, 2.05) is 32.0 Å². The Balaban J connectivity index is 1.56. The lowest BCUT2D eigenvalue weighted by molar-refractivity contribution is 0.256. The summed E-state index contributed by atoms with van der Waals surface area (Å²) in [6, 6.07) is 7.68. The molecule has 2 aromatic rings. The van der Waals surface area contributed by atoms with Gasteiger partial charge in [-0.3, -0.25) is 5.41 Å². The standard InChI is InChI=1S/C26H35N5O3/c1-16(2)20-14-21(24(33)15-23(20)32)25(27)31(26(28)34)19-3-4-22-18(13-19)8-12-30(22)11-7-17-5-9-29-10-6-17/h3-4,13-17,27,29,32-33H,5-12H2,1-2H3,(H2,28,34). The molecule has 182 valence electrons. The molecule has 0 unspecified atom stereocenters. The molecule has 4 rings (SSSR count). The third-order valence-electron chi connectivity index (χ3n) is 7.05. The first-order valence-electron chi connectivity index (χ1n) is 12.1. The number of urea groups is 1. The van der Waals surface area contributed by atoms with E-state index in [0.717, 1.165) is 49.0 Å². The number of piperidine rings is 1. The van der Waals surface area contributed by atoms with Crippen LogP contribution in [0, 0.1) is 11.3 Å². The van der Waals surface area contributed by atoms with Gasteiger partial charge in [-0.15, -0.1) is 0 Å². The number of primary amides is 1. The molecule has 1 saturated heterocycles. The van der Waals surface area contributed by atoms with Crippen molar-refractivity contribution in [1.29, 1.82) is 5.41 Å². The summed E-state index contributed by atoms with van der Waals surface area (Å²) in [7, 11) is 0. The number of nitrogens with one attached hydrogen (secondary N) is 2. The molecule has 8 heteroatoms. The van der Waals surface area contributed by atoms with E-state index in [-0.39, 0.29) is 28.8 Å². The van der Waals surface area contributed by atoms with Gasteiger partial charge in [-0.05, 0) is 86.0 Å². The second-order valence-electron chi connectivity index (χ2n) is 9.64. The molecule has 2 heterocycles. The van der Waals surface area contributed by atoms with Gasteiger partial charge in [0.15, 0.2) is 0 Å². The zero-order chi connectivity index (χ0) is 24.4. The lowest BCUT2D eigenvalue weighted by Gasteiger charge is -2.27. The molecule has 2 amide bonds. The molecular weight excluding hydrogens is 430 g/mol. The highest BCUT2D eigenvalue weighted by atomic mass is 16.3. The third kappa shape index (κ3) is 4.82. The Kier molecular flexibility index (Phi) is 6.97. The van der Waals surface area contributed by atoms with Crippen LogP contribution in [0.2, 0.25) is 0 Å². The van der Waals surface area contributed by atoms with Crippen molar-refractivity contribution in [2.45, 2.75) is 45.4 Å². The average Bonchev–Trinajstić information content (AvgIpc) is 3.20. The zero-order valence-electron chi connectivity index (χ0n) is 20.0. The number of rotatable bonds is 6. The minimum Gasteiger partial charge on any atom is -0.508 e. The quantitative estimate of drug-likeness (QED) is 0.327. The molecule has 1 fully saturated rings. The van der Waals surface area contributed by atoms with E-state index in [9.17, 15) is 15.0 Å². The normalized spacial score (nSPS) is 16.0. The fourth-order valence-electron chi connectivity index (χ4n) is 5.07. The Labute approximate surface area is 200 Å². The van der Waals surface area contributed by atoms with Gasteiger partial charge in [-0.1, -0.05) is 13.8 Å². The maximum absolute atomic E-state index is 12.4. The number of phenols is 2. The summed E-state index contributed by atoms with van der Waals surface area (Å²) in [5, 5.41) is 32.7. The van der Waals surface area contributed by atoms with Gasteiger partial charge in [0, 0.05) is 24.8 Å². The number of nitrogens with two attached hydrogens (primary N) is 1. The predicted molar refractivity (Wildman–Crippen MR) is 135 cm³/mol. The van der Waals surface area contributed by atoms with E-state index in [1.54, 1.807) is 6.07 Å². The van der Waals surface area contributed by atoms with Crippen LogP contribution in [-0.2, 0) is 6.42 Å². The maximum atomic E-state index is 12.4. The number of amidine groups is 1. The molecule has 2 aliphatic rings. The summed E-state index contributed by atoms with van der Waals surface area (Å²) in [6.45, 7) is 7.98. The number of benzene rings is 2. The van der Waals surface area contributed by atoms with E-state index < -0.39 is 6.03 Å². The van der Waals surface area contributed by atoms with E-state index in [4.69, 9.17) is 11.1 Å².